The maximum absolute atomic E-state index is 13.8. The van der Waals surface area contributed by atoms with Crippen LogP contribution < -0.4 is 16.0 Å². The highest BCUT2D eigenvalue weighted by Gasteiger charge is 2.37. The number of cyclic esters (lactones) is 1. The first-order chi connectivity index (χ1) is 12.9. The fourth-order valence-electron chi connectivity index (χ4n) is 2.81. The van der Waals surface area contributed by atoms with Crippen molar-refractivity contribution < 1.29 is 18.7 Å². The molecule has 8 nitrogen and oxygen atoms in total. The molecular weight excluding hydrogens is 353 g/mol. The van der Waals surface area contributed by atoms with Crippen LogP contribution in [0.4, 0.5) is 21.0 Å². The first kappa shape index (κ1) is 18.6. The fourth-order valence-corrected chi connectivity index (χ4v) is 2.81. The average molecular weight is 373 g/mol. The molecule has 1 fully saturated rings. The molecule has 0 spiro atoms. The number of benzene rings is 1. The van der Waals surface area contributed by atoms with Gasteiger partial charge in [-0.2, -0.15) is 4.98 Å². The van der Waals surface area contributed by atoms with Gasteiger partial charge in [-0.1, -0.05) is 19.9 Å². The van der Waals surface area contributed by atoms with Gasteiger partial charge in [0, 0.05) is 12.7 Å². The lowest BCUT2D eigenvalue weighted by Gasteiger charge is -2.23. The Bertz CT molecular complexity index is 874. The van der Waals surface area contributed by atoms with E-state index >= 15 is 0 Å². The van der Waals surface area contributed by atoms with Gasteiger partial charge in [0.25, 0.3) is 5.91 Å². The number of ether oxygens (including phenoxy) is 1. The highest BCUT2D eigenvalue weighted by atomic mass is 19.1. The van der Waals surface area contributed by atoms with Gasteiger partial charge in [-0.3, -0.25) is 9.69 Å². The molecule has 1 saturated heterocycles. The molecule has 3 rings (SSSR count). The van der Waals surface area contributed by atoms with E-state index in [4.69, 9.17) is 10.5 Å². The standard InChI is InChI=1S/C18H20FN5O3/c1-10(2)14-9-27-18(26)24(14)15-5-6-21-17(23-15)22-8-11-3-4-12(16(20)25)13(19)7-11/h3-7,10,14H,8-9H2,1-2H3,(H2,20,25)(H,21,22,23). The normalized spacial score (nSPS) is 16.5. The van der Waals surface area contributed by atoms with Gasteiger partial charge in [0.2, 0.25) is 5.95 Å². The minimum absolute atomic E-state index is 0.101. The quantitative estimate of drug-likeness (QED) is 0.804. The van der Waals surface area contributed by atoms with Gasteiger partial charge >= 0.3 is 6.09 Å². The summed E-state index contributed by atoms with van der Waals surface area (Å²) >= 11 is 0. The Morgan fingerprint density at radius 1 is 1.44 bits per heavy atom. The molecule has 0 bridgehead atoms. The summed E-state index contributed by atoms with van der Waals surface area (Å²) in [5.74, 6) is -0.580. The first-order valence-corrected chi connectivity index (χ1v) is 8.48. The second kappa shape index (κ2) is 7.56. The Labute approximate surface area is 155 Å². The summed E-state index contributed by atoms with van der Waals surface area (Å²) in [5.41, 5.74) is 5.52. The number of anilines is 2. The summed E-state index contributed by atoms with van der Waals surface area (Å²) < 4.78 is 19.0. The molecular formula is C18H20FN5O3. The van der Waals surface area contributed by atoms with Gasteiger partial charge < -0.3 is 15.8 Å². The van der Waals surface area contributed by atoms with E-state index in [1.54, 1.807) is 12.1 Å². The number of nitrogens with two attached hydrogens (primary N) is 1. The van der Waals surface area contributed by atoms with E-state index in [0.29, 0.717) is 18.0 Å². The number of rotatable bonds is 6. The molecule has 0 saturated carbocycles. The predicted octanol–water partition coefficient (Wildman–Crippen LogP) is 2.31. The molecule has 1 unspecified atom stereocenters. The number of nitrogens with one attached hydrogen (secondary N) is 1. The van der Waals surface area contributed by atoms with Crippen LogP contribution in [-0.4, -0.2) is 34.6 Å². The molecule has 3 N–H and O–H groups in total. The minimum Gasteiger partial charge on any atom is -0.447 e. The SMILES string of the molecule is CC(C)C1COC(=O)N1c1ccnc(NCc2ccc(C(N)=O)c(F)c2)n1. The molecule has 1 aromatic carbocycles. The van der Waals surface area contributed by atoms with E-state index in [-0.39, 0.29) is 30.0 Å². The molecule has 1 aliphatic heterocycles. The van der Waals surface area contributed by atoms with Gasteiger partial charge in [-0.15, -0.1) is 0 Å². The summed E-state index contributed by atoms with van der Waals surface area (Å²) in [6.07, 6.45) is 1.09. The summed E-state index contributed by atoms with van der Waals surface area (Å²) in [5, 5.41) is 2.98. The van der Waals surface area contributed by atoms with Crippen molar-refractivity contribution in [3.63, 3.8) is 0 Å². The van der Waals surface area contributed by atoms with Crippen molar-refractivity contribution >= 4 is 23.8 Å². The Morgan fingerprint density at radius 2 is 2.22 bits per heavy atom. The Hall–Kier alpha value is -3.23. The second-order valence-corrected chi connectivity index (χ2v) is 6.53. The number of amides is 2. The van der Waals surface area contributed by atoms with Crippen molar-refractivity contribution in [1.29, 1.82) is 0 Å². The summed E-state index contributed by atoms with van der Waals surface area (Å²) in [6.45, 7) is 4.56. The molecule has 1 atom stereocenters. The smallest absolute Gasteiger partial charge is 0.415 e. The fraction of sp³-hybridized carbons (Fsp3) is 0.333. The maximum atomic E-state index is 13.8. The van der Waals surface area contributed by atoms with Gasteiger partial charge in [0.05, 0.1) is 11.6 Å². The summed E-state index contributed by atoms with van der Waals surface area (Å²) in [7, 11) is 0. The zero-order valence-corrected chi connectivity index (χ0v) is 15.0. The second-order valence-electron chi connectivity index (χ2n) is 6.53. The number of hydrogen-bond acceptors (Lipinski definition) is 6. The Kier molecular flexibility index (Phi) is 5.20. The van der Waals surface area contributed by atoms with Crippen molar-refractivity contribution in [3.8, 4) is 0 Å². The third-order valence-electron chi connectivity index (χ3n) is 4.31. The number of carbonyl (C=O) groups excluding carboxylic acids is 2. The molecule has 1 aliphatic rings. The van der Waals surface area contributed by atoms with Crippen molar-refractivity contribution in [2.75, 3.05) is 16.8 Å². The third kappa shape index (κ3) is 3.97. The Morgan fingerprint density at radius 3 is 2.89 bits per heavy atom. The van der Waals surface area contributed by atoms with Crippen LogP contribution >= 0.6 is 0 Å². The lowest BCUT2D eigenvalue weighted by atomic mass is 10.0. The lowest BCUT2D eigenvalue weighted by Crippen LogP contribution is -2.37. The number of hydrogen-bond donors (Lipinski definition) is 2. The zero-order valence-electron chi connectivity index (χ0n) is 15.0. The van der Waals surface area contributed by atoms with E-state index in [2.05, 4.69) is 15.3 Å². The molecule has 2 amide bonds. The summed E-state index contributed by atoms with van der Waals surface area (Å²) in [6, 6.07) is 5.68. The first-order valence-electron chi connectivity index (χ1n) is 8.48. The maximum Gasteiger partial charge on any atom is 0.415 e. The number of nitrogens with zero attached hydrogens (tertiary/aromatic N) is 3. The largest absolute Gasteiger partial charge is 0.447 e. The molecule has 27 heavy (non-hydrogen) atoms. The van der Waals surface area contributed by atoms with E-state index in [1.807, 2.05) is 13.8 Å². The number of primary amides is 1. The molecule has 0 aliphatic carbocycles. The van der Waals surface area contributed by atoms with E-state index in [1.165, 1.54) is 23.2 Å². The van der Waals surface area contributed by atoms with Crippen LogP contribution in [0.5, 0.6) is 0 Å². The van der Waals surface area contributed by atoms with Crippen LogP contribution in [0.1, 0.15) is 29.8 Å². The van der Waals surface area contributed by atoms with Crippen molar-refractivity contribution in [3.05, 3.63) is 47.4 Å². The topological polar surface area (TPSA) is 110 Å². The van der Waals surface area contributed by atoms with Crippen LogP contribution in [0.15, 0.2) is 30.5 Å². The number of aromatic nitrogens is 2. The van der Waals surface area contributed by atoms with Crippen molar-refractivity contribution in [1.82, 2.24) is 9.97 Å². The van der Waals surface area contributed by atoms with Crippen LogP contribution in [0, 0.1) is 11.7 Å². The lowest BCUT2D eigenvalue weighted by molar-refractivity contribution is 0.0996. The van der Waals surface area contributed by atoms with E-state index in [9.17, 15) is 14.0 Å². The van der Waals surface area contributed by atoms with Crippen LogP contribution in [0.2, 0.25) is 0 Å². The molecule has 142 valence electrons. The molecule has 2 heterocycles. The minimum atomic E-state index is -0.819. The van der Waals surface area contributed by atoms with Gasteiger partial charge in [0.15, 0.2) is 0 Å². The van der Waals surface area contributed by atoms with Gasteiger partial charge in [-0.05, 0) is 29.7 Å². The number of carbonyl (C=O) groups is 2. The highest BCUT2D eigenvalue weighted by molar-refractivity contribution is 5.93. The number of halogens is 1. The molecule has 2 aromatic rings. The average Bonchev–Trinajstić information content (AvgIpc) is 3.02. The van der Waals surface area contributed by atoms with Crippen molar-refractivity contribution in [2.24, 2.45) is 11.7 Å². The molecule has 9 heteroatoms. The van der Waals surface area contributed by atoms with Crippen LogP contribution in [0.25, 0.3) is 0 Å². The van der Waals surface area contributed by atoms with Crippen LogP contribution in [-0.2, 0) is 11.3 Å². The predicted molar refractivity (Wildman–Crippen MR) is 96.7 cm³/mol. The van der Waals surface area contributed by atoms with Gasteiger partial charge in [-0.25, -0.2) is 14.2 Å². The van der Waals surface area contributed by atoms with Crippen molar-refractivity contribution in [2.45, 2.75) is 26.4 Å². The van der Waals surface area contributed by atoms with E-state index < -0.39 is 17.8 Å². The third-order valence-corrected chi connectivity index (χ3v) is 4.31. The Balaban J connectivity index is 1.74. The molecule has 0 radical (unpaired) electrons. The van der Waals surface area contributed by atoms with Crippen LogP contribution in [0.3, 0.4) is 0 Å². The molecule has 1 aromatic heterocycles. The van der Waals surface area contributed by atoms with Gasteiger partial charge in [0.1, 0.15) is 18.2 Å². The zero-order chi connectivity index (χ0) is 19.6. The van der Waals surface area contributed by atoms with E-state index in [0.717, 1.165) is 0 Å². The summed E-state index contributed by atoms with van der Waals surface area (Å²) in [4.78, 5) is 33.1. The highest BCUT2D eigenvalue weighted by Crippen LogP contribution is 2.26. The monoisotopic (exact) mass is 373 g/mol.